The van der Waals surface area contributed by atoms with Gasteiger partial charge < -0.3 is 10.1 Å². The summed E-state index contributed by atoms with van der Waals surface area (Å²) in [6, 6.07) is 17.9. The van der Waals surface area contributed by atoms with Crippen LogP contribution in [0.1, 0.15) is 16.1 Å². The van der Waals surface area contributed by atoms with E-state index < -0.39 is 4.92 Å². The van der Waals surface area contributed by atoms with Gasteiger partial charge in [0.25, 0.3) is 11.6 Å². The number of nitrogens with one attached hydrogen (secondary N) is 1. The molecular formula is C22H23N5O4. The van der Waals surface area contributed by atoms with Crippen molar-refractivity contribution in [2.75, 3.05) is 26.2 Å². The minimum Gasteiger partial charge on any atom is -0.374 e. The number of aromatic nitrogens is 2. The summed E-state index contributed by atoms with van der Waals surface area (Å²) in [4.78, 5) is 25.1. The average Bonchev–Trinajstić information content (AvgIpc) is 3.29. The van der Waals surface area contributed by atoms with E-state index in [9.17, 15) is 14.9 Å². The van der Waals surface area contributed by atoms with Gasteiger partial charge in [0, 0.05) is 44.5 Å². The lowest BCUT2D eigenvalue weighted by Crippen LogP contribution is -2.47. The zero-order valence-corrected chi connectivity index (χ0v) is 16.9. The second-order valence-corrected chi connectivity index (χ2v) is 7.34. The van der Waals surface area contributed by atoms with E-state index in [2.05, 4.69) is 27.4 Å². The second-order valence-electron chi connectivity index (χ2n) is 7.34. The fourth-order valence-corrected chi connectivity index (χ4v) is 3.50. The average molecular weight is 421 g/mol. The van der Waals surface area contributed by atoms with Crippen LogP contribution in [-0.2, 0) is 11.3 Å². The number of nitro benzene ring substituents is 1. The van der Waals surface area contributed by atoms with Gasteiger partial charge in [-0.15, -0.1) is 0 Å². The Morgan fingerprint density at radius 2 is 1.94 bits per heavy atom. The molecule has 1 fully saturated rings. The van der Waals surface area contributed by atoms with E-state index in [0.717, 1.165) is 19.6 Å². The van der Waals surface area contributed by atoms with E-state index in [1.807, 2.05) is 18.2 Å². The van der Waals surface area contributed by atoms with Crippen LogP contribution in [0.4, 0.5) is 5.69 Å². The van der Waals surface area contributed by atoms with Crippen LogP contribution in [0.25, 0.3) is 5.69 Å². The van der Waals surface area contributed by atoms with E-state index >= 15 is 0 Å². The van der Waals surface area contributed by atoms with Gasteiger partial charge in [-0.05, 0) is 23.8 Å². The van der Waals surface area contributed by atoms with E-state index in [0.29, 0.717) is 18.8 Å². The maximum Gasteiger partial charge on any atom is 0.271 e. The molecule has 1 unspecified atom stereocenters. The monoisotopic (exact) mass is 421 g/mol. The number of carbonyl (C=O) groups excluding carboxylic acids is 1. The Bertz CT molecular complexity index is 1040. The summed E-state index contributed by atoms with van der Waals surface area (Å²) in [6.07, 6.45) is 1.56. The molecule has 160 valence electrons. The topological polar surface area (TPSA) is 103 Å². The van der Waals surface area contributed by atoms with E-state index in [1.165, 1.54) is 22.4 Å². The highest BCUT2D eigenvalue weighted by Crippen LogP contribution is 2.15. The van der Waals surface area contributed by atoms with Crippen molar-refractivity contribution in [1.29, 1.82) is 0 Å². The van der Waals surface area contributed by atoms with Crippen molar-refractivity contribution in [2.24, 2.45) is 0 Å². The standard InChI is InChI=1S/C22H23N5O4/c28-22(21-10-11-26(24-21)18-6-8-19(9-7-18)27(29)30)23-14-20-16-25(12-13-31-20)15-17-4-2-1-3-5-17/h1-11,20H,12-16H2,(H,23,28). The third-order valence-corrected chi connectivity index (χ3v) is 5.11. The first-order valence-corrected chi connectivity index (χ1v) is 10.0. The highest BCUT2D eigenvalue weighted by atomic mass is 16.6. The highest BCUT2D eigenvalue weighted by Gasteiger charge is 2.22. The smallest absolute Gasteiger partial charge is 0.271 e. The van der Waals surface area contributed by atoms with Gasteiger partial charge in [-0.2, -0.15) is 5.10 Å². The summed E-state index contributed by atoms with van der Waals surface area (Å²) in [7, 11) is 0. The summed E-state index contributed by atoms with van der Waals surface area (Å²) in [6.45, 7) is 3.48. The van der Waals surface area contributed by atoms with Crippen molar-refractivity contribution >= 4 is 11.6 Å². The lowest BCUT2D eigenvalue weighted by Gasteiger charge is -2.33. The zero-order chi connectivity index (χ0) is 21.6. The molecule has 1 amide bonds. The molecule has 31 heavy (non-hydrogen) atoms. The number of amides is 1. The predicted octanol–water partition coefficient (Wildman–Crippen LogP) is 2.41. The number of ether oxygens (including phenoxy) is 1. The molecule has 4 rings (SSSR count). The van der Waals surface area contributed by atoms with Gasteiger partial charge in [-0.1, -0.05) is 30.3 Å². The molecule has 2 aromatic carbocycles. The van der Waals surface area contributed by atoms with Crippen LogP contribution in [0.15, 0.2) is 66.9 Å². The lowest BCUT2D eigenvalue weighted by molar-refractivity contribution is -0.384. The van der Waals surface area contributed by atoms with Crippen molar-refractivity contribution in [2.45, 2.75) is 12.6 Å². The molecule has 1 N–H and O–H groups in total. The van der Waals surface area contributed by atoms with E-state index in [1.54, 1.807) is 24.4 Å². The van der Waals surface area contributed by atoms with Crippen LogP contribution in [0.5, 0.6) is 0 Å². The van der Waals surface area contributed by atoms with Gasteiger partial charge in [0.1, 0.15) is 0 Å². The Kier molecular flexibility index (Phi) is 6.34. The largest absolute Gasteiger partial charge is 0.374 e. The van der Waals surface area contributed by atoms with Crippen molar-refractivity contribution in [3.63, 3.8) is 0 Å². The Hall–Kier alpha value is -3.56. The predicted molar refractivity (Wildman–Crippen MR) is 114 cm³/mol. The number of nitrogens with zero attached hydrogens (tertiary/aromatic N) is 4. The van der Waals surface area contributed by atoms with Crippen molar-refractivity contribution in [3.05, 3.63) is 88.2 Å². The first-order valence-electron chi connectivity index (χ1n) is 10.0. The molecule has 2 heterocycles. The first-order chi connectivity index (χ1) is 15.1. The van der Waals surface area contributed by atoms with Crippen molar-refractivity contribution in [3.8, 4) is 5.69 Å². The Balaban J connectivity index is 1.30. The molecule has 1 aliphatic heterocycles. The third-order valence-electron chi connectivity index (χ3n) is 5.11. The third kappa shape index (κ3) is 5.33. The number of rotatable bonds is 7. The molecule has 0 spiro atoms. The molecule has 0 radical (unpaired) electrons. The number of morpholine rings is 1. The van der Waals surface area contributed by atoms with Crippen molar-refractivity contribution < 1.29 is 14.5 Å². The van der Waals surface area contributed by atoms with Gasteiger partial charge in [0.05, 0.1) is 23.3 Å². The summed E-state index contributed by atoms with van der Waals surface area (Å²) in [5.74, 6) is -0.288. The molecule has 0 aliphatic carbocycles. The molecule has 9 heteroatoms. The normalized spacial score (nSPS) is 16.7. The van der Waals surface area contributed by atoms with Crippen molar-refractivity contribution in [1.82, 2.24) is 20.0 Å². The minimum absolute atomic E-state index is 0.00247. The van der Waals surface area contributed by atoms with Gasteiger partial charge >= 0.3 is 0 Å². The van der Waals surface area contributed by atoms with Crippen LogP contribution in [-0.4, -0.2) is 57.9 Å². The first kappa shape index (κ1) is 20.7. The fourth-order valence-electron chi connectivity index (χ4n) is 3.50. The molecule has 3 aromatic rings. The Morgan fingerprint density at radius 3 is 2.68 bits per heavy atom. The van der Waals surface area contributed by atoms with Gasteiger partial charge in [-0.25, -0.2) is 4.68 Å². The molecule has 9 nitrogen and oxygen atoms in total. The summed E-state index contributed by atoms with van der Waals surface area (Å²) in [5.41, 5.74) is 2.17. The number of nitro groups is 1. The molecule has 0 bridgehead atoms. The molecular weight excluding hydrogens is 398 g/mol. The maximum absolute atomic E-state index is 12.5. The molecule has 1 aromatic heterocycles. The molecule has 1 atom stereocenters. The van der Waals surface area contributed by atoms with Gasteiger partial charge in [0.15, 0.2) is 5.69 Å². The number of hydrogen-bond acceptors (Lipinski definition) is 6. The number of hydrogen-bond donors (Lipinski definition) is 1. The lowest BCUT2D eigenvalue weighted by atomic mass is 10.2. The van der Waals surface area contributed by atoms with E-state index in [-0.39, 0.29) is 23.4 Å². The van der Waals surface area contributed by atoms with Gasteiger partial charge in [-0.3, -0.25) is 19.8 Å². The molecule has 1 aliphatic rings. The van der Waals surface area contributed by atoms with E-state index in [4.69, 9.17) is 4.74 Å². The molecule has 0 saturated carbocycles. The van der Waals surface area contributed by atoms with Crippen LogP contribution >= 0.6 is 0 Å². The fraction of sp³-hybridized carbons (Fsp3) is 0.273. The van der Waals surface area contributed by atoms with Crippen LogP contribution in [0.2, 0.25) is 0 Å². The van der Waals surface area contributed by atoms with Crippen LogP contribution < -0.4 is 5.32 Å². The maximum atomic E-state index is 12.5. The van der Waals surface area contributed by atoms with Crippen LogP contribution in [0, 0.1) is 10.1 Å². The molecule has 1 saturated heterocycles. The quantitative estimate of drug-likeness (QED) is 0.464. The minimum atomic E-state index is -0.458. The summed E-state index contributed by atoms with van der Waals surface area (Å²) in [5, 5.41) is 17.9. The Morgan fingerprint density at radius 1 is 1.16 bits per heavy atom. The van der Waals surface area contributed by atoms with Gasteiger partial charge in [0.2, 0.25) is 0 Å². The highest BCUT2D eigenvalue weighted by molar-refractivity contribution is 5.92. The number of carbonyl (C=O) groups is 1. The van der Waals surface area contributed by atoms with Crippen LogP contribution in [0.3, 0.4) is 0 Å². The summed E-state index contributed by atoms with van der Waals surface area (Å²) >= 11 is 0. The Labute approximate surface area is 179 Å². The second kappa shape index (κ2) is 9.50. The number of benzene rings is 2. The number of non-ortho nitro benzene ring substituents is 1. The SMILES string of the molecule is O=C(NCC1CN(Cc2ccccc2)CCO1)c1ccn(-c2ccc([N+](=O)[O-])cc2)n1. The summed E-state index contributed by atoms with van der Waals surface area (Å²) < 4.78 is 7.31. The zero-order valence-electron chi connectivity index (χ0n) is 16.9.